The molecule has 2 fully saturated rings. The quantitative estimate of drug-likeness (QED) is 0.766. The molecular weight excluding hydrogens is 336 g/mol. The molecule has 130 valence electrons. The van der Waals surface area contributed by atoms with Gasteiger partial charge >= 0.3 is 0 Å². The van der Waals surface area contributed by atoms with Crippen LogP contribution in [0.25, 0.3) is 0 Å². The van der Waals surface area contributed by atoms with Crippen LogP contribution in [-0.4, -0.2) is 16.3 Å². The van der Waals surface area contributed by atoms with Crippen molar-refractivity contribution in [2.75, 3.05) is 5.32 Å². The molecule has 1 aliphatic heterocycles. The molecule has 2 bridgehead atoms. The number of anilines is 1. The fourth-order valence-corrected chi connectivity index (χ4v) is 5.12. The SMILES string of the molecule is Clc1cccc(NC23CCCC(CCC2)C32Oc3ccccc3O2)n1. The third-order valence-electron chi connectivity index (χ3n) is 5.97. The average Bonchev–Trinajstić information content (AvgIpc) is 2.96. The van der Waals surface area contributed by atoms with Crippen molar-refractivity contribution in [1.29, 1.82) is 0 Å². The number of aromatic nitrogens is 1. The van der Waals surface area contributed by atoms with Crippen molar-refractivity contribution < 1.29 is 9.47 Å². The van der Waals surface area contributed by atoms with Gasteiger partial charge in [-0.2, -0.15) is 0 Å². The van der Waals surface area contributed by atoms with E-state index in [1.807, 2.05) is 36.4 Å². The lowest BCUT2D eigenvalue weighted by Gasteiger charge is -2.56. The van der Waals surface area contributed by atoms with Gasteiger partial charge in [-0.25, -0.2) is 4.98 Å². The maximum Gasteiger partial charge on any atom is 0.277 e. The fraction of sp³-hybridized carbons (Fsp3) is 0.450. The minimum Gasteiger partial charge on any atom is -0.446 e. The number of nitrogens with one attached hydrogen (secondary N) is 1. The largest absolute Gasteiger partial charge is 0.446 e. The molecular formula is C20H21ClN2O2. The van der Waals surface area contributed by atoms with Gasteiger partial charge in [0.15, 0.2) is 11.5 Å². The molecule has 5 heteroatoms. The van der Waals surface area contributed by atoms with E-state index in [-0.39, 0.29) is 5.54 Å². The van der Waals surface area contributed by atoms with E-state index < -0.39 is 5.79 Å². The van der Waals surface area contributed by atoms with Crippen LogP contribution in [0.15, 0.2) is 42.5 Å². The minimum atomic E-state index is -0.656. The van der Waals surface area contributed by atoms with Gasteiger partial charge in [-0.15, -0.1) is 0 Å². The van der Waals surface area contributed by atoms with Crippen LogP contribution in [0.4, 0.5) is 5.82 Å². The Morgan fingerprint density at radius 1 is 0.960 bits per heavy atom. The summed E-state index contributed by atoms with van der Waals surface area (Å²) in [6.07, 6.45) is 6.63. The summed E-state index contributed by atoms with van der Waals surface area (Å²) < 4.78 is 13.1. The first-order valence-electron chi connectivity index (χ1n) is 9.09. The van der Waals surface area contributed by atoms with E-state index >= 15 is 0 Å². The van der Waals surface area contributed by atoms with E-state index in [1.165, 1.54) is 12.8 Å². The van der Waals surface area contributed by atoms with Crippen molar-refractivity contribution in [3.63, 3.8) is 0 Å². The molecule has 1 N–H and O–H groups in total. The van der Waals surface area contributed by atoms with E-state index in [0.717, 1.165) is 43.0 Å². The van der Waals surface area contributed by atoms with Gasteiger partial charge in [-0.3, -0.25) is 0 Å². The third-order valence-corrected chi connectivity index (χ3v) is 6.18. The highest BCUT2D eigenvalue weighted by Gasteiger charge is 2.66. The molecule has 3 aliphatic rings. The summed E-state index contributed by atoms with van der Waals surface area (Å²) in [7, 11) is 0. The second-order valence-corrected chi connectivity index (χ2v) is 7.74. The lowest BCUT2D eigenvalue weighted by molar-refractivity contribution is -0.208. The number of rotatable bonds is 2. The maximum atomic E-state index is 6.56. The van der Waals surface area contributed by atoms with Crippen LogP contribution in [0, 0.1) is 5.92 Å². The Bertz CT molecular complexity index is 775. The Hall–Kier alpha value is -1.94. The molecule has 5 rings (SSSR count). The van der Waals surface area contributed by atoms with Crippen LogP contribution in [-0.2, 0) is 0 Å². The molecule has 0 amide bonds. The number of nitrogens with zero attached hydrogens (tertiary/aromatic N) is 1. The molecule has 1 aromatic carbocycles. The predicted molar refractivity (Wildman–Crippen MR) is 97.2 cm³/mol. The molecule has 0 radical (unpaired) electrons. The number of para-hydroxylation sites is 2. The zero-order chi connectivity index (χ0) is 16.9. The van der Waals surface area contributed by atoms with Crippen molar-refractivity contribution in [1.82, 2.24) is 4.98 Å². The number of hydrogen-bond acceptors (Lipinski definition) is 4. The van der Waals surface area contributed by atoms with Crippen LogP contribution in [0.1, 0.15) is 38.5 Å². The van der Waals surface area contributed by atoms with E-state index in [0.29, 0.717) is 11.1 Å². The average molecular weight is 357 g/mol. The van der Waals surface area contributed by atoms with Gasteiger partial charge in [-0.1, -0.05) is 42.6 Å². The molecule has 4 nitrogen and oxygen atoms in total. The molecule has 2 aliphatic carbocycles. The van der Waals surface area contributed by atoms with Gasteiger partial charge in [0.2, 0.25) is 0 Å². The molecule has 0 saturated heterocycles. The molecule has 0 unspecified atom stereocenters. The topological polar surface area (TPSA) is 43.4 Å². The van der Waals surface area contributed by atoms with E-state index in [2.05, 4.69) is 10.3 Å². The zero-order valence-electron chi connectivity index (χ0n) is 14.0. The number of benzene rings is 1. The summed E-state index contributed by atoms with van der Waals surface area (Å²) in [6.45, 7) is 0. The second kappa shape index (κ2) is 5.53. The number of hydrogen-bond donors (Lipinski definition) is 1. The fourth-order valence-electron chi connectivity index (χ4n) is 4.95. The Morgan fingerprint density at radius 3 is 2.28 bits per heavy atom. The third kappa shape index (κ3) is 2.23. The monoisotopic (exact) mass is 356 g/mol. The summed E-state index contributed by atoms with van der Waals surface area (Å²) in [4.78, 5) is 4.46. The summed E-state index contributed by atoms with van der Waals surface area (Å²) >= 11 is 6.10. The normalized spacial score (nSPS) is 28.8. The summed E-state index contributed by atoms with van der Waals surface area (Å²) in [5.41, 5.74) is -0.287. The van der Waals surface area contributed by atoms with Crippen molar-refractivity contribution in [2.45, 2.75) is 49.9 Å². The van der Waals surface area contributed by atoms with Crippen molar-refractivity contribution in [2.24, 2.45) is 5.92 Å². The Kier molecular flexibility index (Phi) is 3.39. The Labute approximate surface area is 152 Å². The predicted octanol–water partition coefficient (Wildman–Crippen LogP) is 5.04. The van der Waals surface area contributed by atoms with Crippen LogP contribution in [0.3, 0.4) is 0 Å². The molecule has 1 spiro atoms. The smallest absolute Gasteiger partial charge is 0.277 e. The van der Waals surface area contributed by atoms with Crippen LogP contribution in [0.5, 0.6) is 11.5 Å². The number of halogens is 1. The Morgan fingerprint density at radius 2 is 1.64 bits per heavy atom. The van der Waals surface area contributed by atoms with Gasteiger partial charge < -0.3 is 14.8 Å². The summed E-state index contributed by atoms with van der Waals surface area (Å²) in [6, 6.07) is 13.7. The zero-order valence-corrected chi connectivity index (χ0v) is 14.8. The highest BCUT2D eigenvalue weighted by molar-refractivity contribution is 6.29. The summed E-state index contributed by atoms with van der Waals surface area (Å²) in [5, 5.41) is 4.18. The first kappa shape index (κ1) is 15.3. The van der Waals surface area contributed by atoms with E-state index in [1.54, 1.807) is 6.07 Å². The Balaban J connectivity index is 1.58. The lowest BCUT2D eigenvalue weighted by Crippen LogP contribution is -2.71. The van der Waals surface area contributed by atoms with Gasteiger partial charge in [0, 0.05) is 5.92 Å². The lowest BCUT2D eigenvalue weighted by atomic mass is 9.62. The van der Waals surface area contributed by atoms with E-state index in [4.69, 9.17) is 21.1 Å². The highest BCUT2D eigenvalue weighted by atomic mass is 35.5. The van der Waals surface area contributed by atoms with Crippen LogP contribution < -0.4 is 14.8 Å². The number of ether oxygens (including phenoxy) is 2. The number of pyridine rings is 1. The van der Waals surface area contributed by atoms with Crippen LogP contribution in [0.2, 0.25) is 5.15 Å². The molecule has 0 atom stereocenters. The van der Waals surface area contributed by atoms with Gasteiger partial charge in [0.05, 0.1) is 0 Å². The van der Waals surface area contributed by atoms with Crippen molar-refractivity contribution >= 4 is 17.4 Å². The van der Waals surface area contributed by atoms with Gasteiger partial charge in [-0.05, 0) is 49.9 Å². The minimum absolute atomic E-state index is 0.287. The number of fused-ring (bicyclic) bond motifs is 1. The van der Waals surface area contributed by atoms with Gasteiger partial charge in [0.1, 0.15) is 16.5 Å². The molecule has 25 heavy (non-hydrogen) atoms. The maximum absolute atomic E-state index is 6.56. The van der Waals surface area contributed by atoms with Crippen molar-refractivity contribution in [3.05, 3.63) is 47.6 Å². The van der Waals surface area contributed by atoms with Gasteiger partial charge in [0.25, 0.3) is 5.79 Å². The molecule has 2 heterocycles. The first-order chi connectivity index (χ1) is 12.2. The van der Waals surface area contributed by atoms with E-state index in [9.17, 15) is 0 Å². The van der Waals surface area contributed by atoms with Crippen LogP contribution >= 0.6 is 11.6 Å². The molecule has 1 aromatic heterocycles. The molecule has 2 aromatic rings. The van der Waals surface area contributed by atoms with Crippen molar-refractivity contribution in [3.8, 4) is 11.5 Å². The standard InChI is InChI=1S/C20H21ClN2O2/c21-17-10-3-11-18(22-17)23-19-12-4-6-14(7-5-13-19)20(19)24-15-8-1-2-9-16(15)25-20/h1-3,8-11,14H,4-7,12-13H2,(H,22,23). The molecule has 2 saturated carbocycles. The second-order valence-electron chi connectivity index (χ2n) is 7.35. The first-order valence-corrected chi connectivity index (χ1v) is 9.46. The summed E-state index contributed by atoms with van der Waals surface area (Å²) in [5.74, 6) is 2.21. The highest BCUT2D eigenvalue weighted by Crippen LogP contribution is 2.58.